The molecule has 0 saturated carbocycles. The Balaban J connectivity index is 1.44. The standard InChI is InChI=1S/C25H28O5/c1-18(5-3-7-19(2)11-24-13-22(14-26)25(27)30-24)6-4-8-21-16-29-17-23(21)12-20-9-10-28-15-20/h3,5-6,9-11,13,15-17,19,26H,4,7-8,12,14H2,1-2H3/t19-/m0/s1. The highest BCUT2D eigenvalue weighted by molar-refractivity contribution is 5.92. The number of aryl methyl sites for hydroxylation is 1. The maximum absolute atomic E-state index is 11.5. The van der Waals surface area contributed by atoms with Gasteiger partial charge in [-0.2, -0.15) is 0 Å². The lowest BCUT2D eigenvalue weighted by molar-refractivity contribution is -0.133. The van der Waals surface area contributed by atoms with Gasteiger partial charge in [0.25, 0.3) is 0 Å². The third-order valence-corrected chi connectivity index (χ3v) is 4.98. The Kier molecular flexibility index (Phi) is 7.69. The lowest BCUT2D eigenvalue weighted by Crippen LogP contribution is -2.02. The second kappa shape index (κ2) is 10.6. The number of cyclic esters (lactones) is 1. The maximum atomic E-state index is 11.5. The average molecular weight is 408 g/mol. The van der Waals surface area contributed by atoms with Gasteiger partial charge in [-0.15, -0.1) is 0 Å². The summed E-state index contributed by atoms with van der Waals surface area (Å²) in [7, 11) is 0. The summed E-state index contributed by atoms with van der Waals surface area (Å²) in [6.45, 7) is 3.87. The summed E-state index contributed by atoms with van der Waals surface area (Å²) in [5.41, 5.74) is 5.08. The van der Waals surface area contributed by atoms with Crippen LogP contribution in [0.1, 0.15) is 43.4 Å². The van der Waals surface area contributed by atoms with Crippen molar-refractivity contribution in [3.05, 3.63) is 95.1 Å². The number of hydrogen-bond donors (Lipinski definition) is 1. The highest BCUT2D eigenvalue weighted by Crippen LogP contribution is 2.20. The van der Waals surface area contributed by atoms with Gasteiger partial charge in [-0.25, -0.2) is 4.79 Å². The van der Waals surface area contributed by atoms with Crippen LogP contribution in [0.2, 0.25) is 0 Å². The molecule has 0 fully saturated rings. The van der Waals surface area contributed by atoms with Crippen molar-refractivity contribution in [3.63, 3.8) is 0 Å². The van der Waals surface area contributed by atoms with Crippen LogP contribution < -0.4 is 0 Å². The first-order valence-electron chi connectivity index (χ1n) is 10.2. The Morgan fingerprint density at radius 3 is 2.77 bits per heavy atom. The van der Waals surface area contributed by atoms with Crippen LogP contribution in [-0.2, 0) is 22.4 Å². The van der Waals surface area contributed by atoms with Crippen molar-refractivity contribution in [2.75, 3.05) is 6.61 Å². The minimum absolute atomic E-state index is 0.225. The number of carbonyl (C=O) groups is 1. The first-order chi connectivity index (χ1) is 14.5. The van der Waals surface area contributed by atoms with Crippen LogP contribution in [0.3, 0.4) is 0 Å². The Morgan fingerprint density at radius 1 is 1.20 bits per heavy atom. The third-order valence-electron chi connectivity index (χ3n) is 4.98. The first kappa shape index (κ1) is 21.7. The van der Waals surface area contributed by atoms with E-state index < -0.39 is 5.97 Å². The molecule has 5 nitrogen and oxygen atoms in total. The van der Waals surface area contributed by atoms with E-state index in [9.17, 15) is 4.79 Å². The summed E-state index contributed by atoms with van der Waals surface area (Å²) in [6.07, 6.45) is 20.6. The van der Waals surface area contributed by atoms with Gasteiger partial charge in [0.2, 0.25) is 0 Å². The predicted octanol–water partition coefficient (Wildman–Crippen LogP) is 5.28. The molecule has 30 heavy (non-hydrogen) atoms. The van der Waals surface area contributed by atoms with Gasteiger partial charge >= 0.3 is 5.97 Å². The first-order valence-corrected chi connectivity index (χ1v) is 10.2. The number of ether oxygens (including phenoxy) is 1. The molecule has 1 atom stereocenters. The number of esters is 1. The fourth-order valence-electron chi connectivity index (χ4n) is 3.30. The fourth-order valence-corrected chi connectivity index (χ4v) is 3.30. The molecule has 0 aromatic carbocycles. The topological polar surface area (TPSA) is 72.8 Å². The Hall–Kier alpha value is -3.05. The van der Waals surface area contributed by atoms with Crippen LogP contribution in [-0.4, -0.2) is 17.7 Å². The van der Waals surface area contributed by atoms with Crippen molar-refractivity contribution in [1.82, 2.24) is 0 Å². The summed E-state index contributed by atoms with van der Waals surface area (Å²) in [5, 5.41) is 9.07. The highest BCUT2D eigenvalue weighted by Gasteiger charge is 2.20. The number of hydrogen-bond acceptors (Lipinski definition) is 5. The van der Waals surface area contributed by atoms with Crippen LogP contribution in [0, 0.1) is 5.92 Å². The van der Waals surface area contributed by atoms with Gasteiger partial charge in [0.1, 0.15) is 5.76 Å². The summed E-state index contributed by atoms with van der Waals surface area (Å²) in [4.78, 5) is 11.5. The zero-order valence-electron chi connectivity index (χ0n) is 17.5. The predicted molar refractivity (Wildman–Crippen MR) is 115 cm³/mol. The van der Waals surface area contributed by atoms with Gasteiger partial charge in [0, 0.05) is 6.42 Å². The molecule has 1 N–H and O–H groups in total. The summed E-state index contributed by atoms with van der Waals surface area (Å²) in [5.74, 6) is 0.280. The molecule has 3 heterocycles. The van der Waals surface area contributed by atoms with Crippen LogP contribution in [0.25, 0.3) is 0 Å². The largest absolute Gasteiger partial charge is 0.472 e. The van der Waals surface area contributed by atoms with Crippen molar-refractivity contribution < 1.29 is 23.5 Å². The van der Waals surface area contributed by atoms with E-state index in [1.54, 1.807) is 18.6 Å². The number of aliphatic hydroxyl groups excluding tert-OH is 1. The van der Waals surface area contributed by atoms with E-state index >= 15 is 0 Å². The fraction of sp³-hybridized carbons (Fsp3) is 0.320. The number of aliphatic hydroxyl groups is 1. The van der Waals surface area contributed by atoms with Crippen molar-refractivity contribution in [2.24, 2.45) is 5.92 Å². The highest BCUT2D eigenvalue weighted by atomic mass is 16.5. The molecule has 0 amide bonds. The van der Waals surface area contributed by atoms with Gasteiger partial charge < -0.3 is 18.7 Å². The Bertz CT molecular complexity index is 954. The zero-order valence-corrected chi connectivity index (χ0v) is 17.5. The summed E-state index contributed by atoms with van der Waals surface area (Å²) >= 11 is 0. The van der Waals surface area contributed by atoms with Crippen LogP contribution in [0.4, 0.5) is 0 Å². The lowest BCUT2D eigenvalue weighted by atomic mass is 10.0. The number of furan rings is 2. The van der Waals surface area contributed by atoms with Gasteiger partial charge in [-0.3, -0.25) is 0 Å². The minimum Gasteiger partial charge on any atom is -0.472 e. The van der Waals surface area contributed by atoms with Crippen molar-refractivity contribution in [2.45, 2.75) is 39.5 Å². The van der Waals surface area contributed by atoms with Crippen molar-refractivity contribution in [3.8, 4) is 0 Å². The molecule has 2 aromatic rings. The van der Waals surface area contributed by atoms with E-state index in [1.807, 2.05) is 24.7 Å². The van der Waals surface area contributed by atoms with Crippen LogP contribution in [0.15, 0.2) is 87.2 Å². The van der Waals surface area contributed by atoms with Gasteiger partial charge in [-0.1, -0.05) is 30.7 Å². The molecule has 1 aliphatic rings. The molecular weight excluding hydrogens is 380 g/mol. The molecule has 5 heteroatoms. The molecular formula is C25H28O5. The van der Waals surface area contributed by atoms with Crippen molar-refractivity contribution in [1.29, 1.82) is 0 Å². The molecule has 158 valence electrons. The van der Waals surface area contributed by atoms with Gasteiger partial charge in [0.15, 0.2) is 0 Å². The smallest absolute Gasteiger partial charge is 0.341 e. The molecule has 1 aliphatic heterocycles. The average Bonchev–Trinajstić information content (AvgIpc) is 3.45. The van der Waals surface area contributed by atoms with Crippen LogP contribution >= 0.6 is 0 Å². The molecule has 0 radical (unpaired) electrons. The number of allylic oxidation sites excluding steroid dienone is 6. The third kappa shape index (κ3) is 6.22. The maximum Gasteiger partial charge on any atom is 0.341 e. The molecule has 2 aromatic heterocycles. The van der Waals surface area contributed by atoms with Crippen molar-refractivity contribution >= 4 is 5.97 Å². The zero-order chi connectivity index (χ0) is 21.3. The lowest BCUT2D eigenvalue weighted by Gasteiger charge is -2.03. The molecule has 0 saturated heterocycles. The van der Waals surface area contributed by atoms with E-state index in [1.165, 1.54) is 16.7 Å². The van der Waals surface area contributed by atoms with Crippen LogP contribution in [0.5, 0.6) is 0 Å². The van der Waals surface area contributed by atoms with E-state index in [0.717, 1.165) is 31.2 Å². The minimum atomic E-state index is -0.462. The van der Waals surface area contributed by atoms with Gasteiger partial charge in [0.05, 0.1) is 37.2 Å². The van der Waals surface area contributed by atoms with E-state index in [-0.39, 0.29) is 12.5 Å². The van der Waals surface area contributed by atoms with E-state index in [0.29, 0.717) is 11.3 Å². The normalized spacial score (nSPS) is 17.0. The van der Waals surface area contributed by atoms with Gasteiger partial charge in [-0.05, 0) is 67.0 Å². The Morgan fingerprint density at radius 2 is 2.03 bits per heavy atom. The SMILES string of the molecule is CC(C=CC[C@H](C)C=C1C=C(CO)C(=O)O1)=CCCc1cocc1Cc1ccoc1. The molecule has 0 bridgehead atoms. The quantitative estimate of drug-likeness (QED) is 0.427. The van der Waals surface area contributed by atoms with E-state index in [2.05, 4.69) is 32.1 Å². The summed E-state index contributed by atoms with van der Waals surface area (Å²) in [6, 6.07) is 1.97. The number of carbonyl (C=O) groups excluding carboxylic acids is 1. The monoisotopic (exact) mass is 408 g/mol. The number of rotatable bonds is 10. The molecule has 0 unspecified atom stereocenters. The molecule has 0 aliphatic carbocycles. The second-order valence-corrected chi connectivity index (χ2v) is 7.62. The molecule has 3 rings (SSSR count). The van der Waals surface area contributed by atoms with E-state index in [4.69, 9.17) is 18.7 Å². The summed E-state index contributed by atoms with van der Waals surface area (Å²) < 4.78 is 15.6. The molecule has 0 spiro atoms. The Labute approximate surface area is 177 Å². The second-order valence-electron chi connectivity index (χ2n) is 7.62.